The summed E-state index contributed by atoms with van der Waals surface area (Å²) in [4.78, 5) is 0. The van der Waals surface area contributed by atoms with Gasteiger partial charge in [0.15, 0.2) is 0 Å². The third-order valence-corrected chi connectivity index (χ3v) is 4.73. The zero-order valence-corrected chi connectivity index (χ0v) is 13.5. The average molecular weight is 304 g/mol. The monoisotopic (exact) mass is 304 g/mol. The van der Waals surface area contributed by atoms with E-state index in [0.717, 1.165) is 22.6 Å². The molecule has 0 saturated heterocycles. The molecule has 0 radical (unpaired) electrons. The smallest absolute Gasteiger partial charge is 0.127 e. The largest absolute Gasteiger partial charge is 0.489 e. The molecular weight excluding hydrogens is 284 g/mol. The van der Waals surface area contributed by atoms with Crippen LogP contribution in [0, 0.1) is 0 Å². The maximum Gasteiger partial charge on any atom is 0.127 e. The van der Waals surface area contributed by atoms with Crippen LogP contribution in [0.25, 0.3) is 12.2 Å². The Hall–Kier alpha value is -2.48. The van der Waals surface area contributed by atoms with Crippen molar-refractivity contribution >= 4 is 12.2 Å². The number of fused-ring (bicyclic) bond motifs is 2. The molecule has 2 nitrogen and oxygen atoms in total. The summed E-state index contributed by atoms with van der Waals surface area (Å²) in [6.45, 7) is 5.84. The first-order chi connectivity index (χ1) is 11.1. The maximum atomic E-state index is 5.66. The van der Waals surface area contributed by atoms with E-state index >= 15 is 0 Å². The van der Waals surface area contributed by atoms with Crippen molar-refractivity contribution in [3.05, 3.63) is 70.8 Å². The van der Waals surface area contributed by atoms with Gasteiger partial charge >= 0.3 is 0 Å². The molecule has 4 rings (SSSR count). The summed E-state index contributed by atoms with van der Waals surface area (Å²) < 4.78 is 11.3. The van der Waals surface area contributed by atoms with Crippen molar-refractivity contribution in [3.63, 3.8) is 0 Å². The van der Waals surface area contributed by atoms with E-state index in [4.69, 9.17) is 9.47 Å². The van der Waals surface area contributed by atoms with Crippen LogP contribution in [0.1, 0.15) is 36.1 Å². The summed E-state index contributed by atoms with van der Waals surface area (Å²) in [6, 6.07) is 13.0. The van der Waals surface area contributed by atoms with Crippen LogP contribution >= 0.6 is 0 Å². The minimum atomic E-state index is -0.0827. The van der Waals surface area contributed by atoms with Crippen molar-refractivity contribution in [2.45, 2.75) is 19.3 Å². The van der Waals surface area contributed by atoms with Gasteiger partial charge < -0.3 is 9.47 Å². The van der Waals surface area contributed by atoms with E-state index in [1.807, 2.05) is 0 Å². The molecule has 116 valence electrons. The zero-order chi connectivity index (χ0) is 15.9. The molecule has 23 heavy (non-hydrogen) atoms. The topological polar surface area (TPSA) is 18.5 Å². The molecule has 2 aliphatic heterocycles. The Labute approximate surface area is 137 Å². The van der Waals surface area contributed by atoms with Gasteiger partial charge in [0.25, 0.3) is 0 Å². The number of benzene rings is 2. The van der Waals surface area contributed by atoms with Crippen LogP contribution in [-0.4, -0.2) is 13.2 Å². The van der Waals surface area contributed by atoms with Crippen LogP contribution in [0.15, 0.2) is 48.6 Å². The SMILES string of the molecule is CC(C)(c1ccc2c(c1)C=CCO2)c1ccc2c(c1)C=CCO2. The fourth-order valence-corrected chi connectivity index (χ4v) is 3.19. The van der Waals surface area contributed by atoms with Crippen molar-refractivity contribution in [2.75, 3.05) is 13.2 Å². The van der Waals surface area contributed by atoms with Crippen molar-refractivity contribution in [1.82, 2.24) is 0 Å². The molecule has 0 bridgehead atoms. The van der Waals surface area contributed by atoms with Crippen LogP contribution in [-0.2, 0) is 5.41 Å². The molecule has 2 aromatic rings. The molecule has 0 saturated carbocycles. The molecular formula is C21H20O2. The molecule has 0 aromatic heterocycles. The first kappa shape index (κ1) is 14.1. The molecule has 0 atom stereocenters. The Kier molecular flexibility index (Phi) is 3.26. The molecule has 0 fully saturated rings. The maximum absolute atomic E-state index is 5.66. The molecule has 2 heteroatoms. The summed E-state index contributed by atoms with van der Waals surface area (Å²) >= 11 is 0. The lowest BCUT2D eigenvalue weighted by atomic mass is 9.77. The predicted octanol–water partition coefficient (Wildman–Crippen LogP) is 4.82. The van der Waals surface area contributed by atoms with Crippen LogP contribution in [0.4, 0.5) is 0 Å². The van der Waals surface area contributed by atoms with Crippen molar-refractivity contribution in [2.24, 2.45) is 0 Å². The van der Waals surface area contributed by atoms with Gasteiger partial charge in [0.05, 0.1) is 0 Å². The Morgan fingerprint density at radius 2 is 1.22 bits per heavy atom. The lowest BCUT2D eigenvalue weighted by Gasteiger charge is -2.28. The van der Waals surface area contributed by atoms with Gasteiger partial charge in [-0.05, 0) is 47.5 Å². The lowest BCUT2D eigenvalue weighted by molar-refractivity contribution is 0.358. The molecule has 2 heterocycles. The highest BCUT2D eigenvalue weighted by Gasteiger charge is 2.25. The van der Waals surface area contributed by atoms with Gasteiger partial charge in [-0.2, -0.15) is 0 Å². The van der Waals surface area contributed by atoms with Gasteiger partial charge in [-0.1, -0.05) is 38.1 Å². The highest BCUT2D eigenvalue weighted by Crippen LogP contribution is 2.37. The fourth-order valence-electron chi connectivity index (χ4n) is 3.19. The Morgan fingerprint density at radius 3 is 1.70 bits per heavy atom. The number of hydrogen-bond donors (Lipinski definition) is 0. The number of ether oxygens (including phenoxy) is 2. The highest BCUT2D eigenvalue weighted by molar-refractivity contribution is 5.63. The minimum Gasteiger partial charge on any atom is -0.489 e. The number of hydrogen-bond acceptors (Lipinski definition) is 2. The van der Waals surface area contributed by atoms with Crippen LogP contribution in [0.2, 0.25) is 0 Å². The van der Waals surface area contributed by atoms with Crippen molar-refractivity contribution < 1.29 is 9.47 Å². The molecule has 0 unspecified atom stereocenters. The molecule has 2 aliphatic rings. The van der Waals surface area contributed by atoms with E-state index in [1.54, 1.807) is 0 Å². The first-order valence-electron chi connectivity index (χ1n) is 8.02. The fraction of sp³-hybridized carbons (Fsp3) is 0.238. The lowest BCUT2D eigenvalue weighted by Crippen LogP contribution is -2.20. The van der Waals surface area contributed by atoms with Crippen molar-refractivity contribution in [1.29, 1.82) is 0 Å². The summed E-state index contributed by atoms with van der Waals surface area (Å²) in [7, 11) is 0. The van der Waals surface area contributed by atoms with E-state index in [1.165, 1.54) is 11.1 Å². The molecule has 0 amide bonds. The van der Waals surface area contributed by atoms with Gasteiger partial charge in [0, 0.05) is 16.5 Å². The molecule has 2 aromatic carbocycles. The van der Waals surface area contributed by atoms with Gasteiger partial charge in [0.2, 0.25) is 0 Å². The molecule has 0 N–H and O–H groups in total. The summed E-state index contributed by atoms with van der Waals surface area (Å²) in [6.07, 6.45) is 8.39. The van der Waals surface area contributed by atoms with Crippen LogP contribution in [0.3, 0.4) is 0 Å². The van der Waals surface area contributed by atoms with E-state index in [9.17, 15) is 0 Å². The summed E-state index contributed by atoms with van der Waals surface area (Å²) in [5, 5.41) is 0. The third-order valence-electron chi connectivity index (χ3n) is 4.73. The average Bonchev–Trinajstić information content (AvgIpc) is 2.61. The van der Waals surface area contributed by atoms with E-state index in [2.05, 4.69) is 74.5 Å². The molecule has 0 spiro atoms. The quantitative estimate of drug-likeness (QED) is 0.791. The second kappa shape index (κ2) is 5.31. The van der Waals surface area contributed by atoms with Gasteiger partial charge in [-0.3, -0.25) is 0 Å². The Morgan fingerprint density at radius 1 is 0.739 bits per heavy atom. The zero-order valence-electron chi connectivity index (χ0n) is 13.5. The first-order valence-corrected chi connectivity index (χ1v) is 8.02. The van der Waals surface area contributed by atoms with Crippen LogP contribution < -0.4 is 9.47 Å². The normalized spacial score (nSPS) is 15.4. The van der Waals surface area contributed by atoms with Crippen LogP contribution in [0.5, 0.6) is 11.5 Å². The Bertz CT molecular complexity index is 745. The summed E-state index contributed by atoms with van der Waals surface area (Å²) in [5.41, 5.74) is 4.80. The Balaban J connectivity index is 1.76. The van der Waals surface area contributed by atoms with Crippen molar-refractivity contribution in [3.8, 4) is 11.5 Å². The second-order valence-electron chi connectivity index (χ2n) is 6.56. The van der Waals surface area contributed by atoms with Gasteiger partial charge in [0.1, 0.15) is 24.7 Å². The van der Waals surface area contributed by atoms with E-state index in [0.29, 0.717) is 13.2 Å². The third kappa shape index (κ3) is 2.44. The number of rotatable bonds is 2. The summed E-state index contributed by atoms with van der Waals surface area (Å²) in [5.74, 6) is 1.93. The second-order valence-corrected chi connectivity index (χ2v) is 6.56. The van der Waals surface area contributed by atoms with E-state index < -0.39 is 0 Å². The minimum absolute atomic E-state index is 0.0827. The van der Waals surface area contributed by atoms with E-state index in [-0.39, 0.29) is 5.41 Å². The van der Waals surface area contributed by atoms with Gasteiger partial charge in [-0.15, -0.1) is 0 Å². The predicted molar refractivity (Wildman–Crippen MR) is 94.1 cm³/mol. The molecule has 0 aliphatic carbocycles. The highest BCUT2D eigenvalue weighted by atomic mass is 16.5. The van der Waals surface area contributed by atoms with Gasteiger partial charge in [-0.25, -0.2) is 0 Å². The standard InChI is InChI=1S/C21H20O2/c1-21(2,17-7-9-19-15(13-17)5-3-11-22-19)18-8-10-20-16(14-18)6-4-12-23-20/h3-10,13-14H,11-12H2,1-2H3.